The zero-order valence-corrected chi connectivity index (χ0v) is 24.1. The zero-order chi connectivity index (χ0) is 20.9. The number of aromatic nitrogens is 1. The number of alkyl halides is 1. The summed E-state index contributed by atoms with van der Waals surface area (Å²) in [5.74, 6) is -1.87. The average molecular weight is 875 g/mol. The Hall–Kier alpha value is -0.194. The van der Waals surface area contributed by atoms with Crippen LogP contribution in [0.25, 0.3) is 0 Å². The van der Waals surface area contributed by atoms with E-state index < -0.39 is 55.7 Å². The number of carbonyl (C=O) groups excluding carboxylic acids is 2. The second-order valence-electron chi connectivity index (χ2n) is 5.03. The van der Waals surface area contributed by atoms with Gasteiger partial charge in [0.05, 0.1) is 0 Å². The zero-order valence-electron chi connectivity index (χ0n) is 14.0. The third-order valence-electron chi connectivity index (χ3n) is 3.11. The van der Waals surface area contributed by atoms with Gasteiger partial charge in [-0.05, 0) is 0 Å². The number of rotatable bonds is 8. The van der Waals surface area contributed by atoms with Crippen molar-refractivity contribution in [1.29, 1.82) is 0 Å². The summed E-state index contributed by atoms with van der Waals surface area (Å²) in [6, 6.07) is 5.33. The predicted octanol–water partition coefficient (Wildman–Crippen LogP) is 0.169. The van der Waals surface area contributed by atoms with Crippen LogP contribution in [-0.4, -0.2) is 88.4 Å². The number of sulfonamides is 1. The molecule has 1 unspecified atom stereocenters. The summed E-state index contributed by atoms with van der Waals surface area (Å²) in [5, 5.41) is 11.6. The van der Waals surface area contributed by atoms with E-state index in [-0.39, 0.29) is 41.2 Å². The van der Waals surface area contributed by atoms with Crippen LogP contribution in [0.1, 0.15) is 6.42 Å². The van der Waals surface area contributed by atoms with Gasteiger partial charge < -0.3 is 5.48 Å². The van der Waals surface area contributed by atoms with Crippen LogP contribution in [0.2, 0.25) is 0 Å². The molecule has 1 amide bonds. The van der Waals surface area contributed by atoms with Gasteiger partial charge in [0, 0.05) is 0 Å². The molecule has 0 saturated heterocycles. The van der Waals surface area contributed by atoms with E-state index in [1.54, 1.807) is 5.38 Å². The molecule has 2 rings (SSSR count). The van der Waals surface area contributed by atoms with Crippen LogP contribution in [0.15, 0.2) is 40.7 Å². The number of hydrogen-bond donors (Lipinski definition) is 2. The molecular formula is C13H12Bi2Cl2N3O7S2. The molecule has 0 aliphatic carbocycles. The van der Waals surface area contributed by atoms with Crippen molar-refractivity contribution in [2.45, 2.75) is 16.4 Å². The van der Waals surface area contributed by atoms with Gasteiger partial charge in [0.2, 0.25) is 0 Å². The van der Waals surface area contributed by atoms with Gasteiger partial charge >= 0.3 is 202 Å². The van der Waals surface area contributed by atoms with Gasteiger partial charge in [-0.3, -0.25) is 0 Å². The van der Waals surface area contributed by atoms with Crippen LogP contribution in [-0.2, 0) is 22.4 Å². The number of aliphatic hydroxyl groups is 1. The molecule has 4 N–H and O–H groups in total. The molecule has 10 nitrogen and oxygen atoms in total. The second kappa shape index (κ2) is 11.4. The van der Waals surface area contributed by atoms with E-state index in [9.17, 15) is 23.1 Å². The monoisotopic (exact) mass is 874 g/mol. The van der Waals surface area contributed by atoms with Gasteiger partial charge in [0.25, 0.3) is 0 Å². The van der Waals surface area contributed by atoms with Crippen LogP contribution in [0, 0.1) is 0 Å². The second-order valence-corrected chi connectivity index (χ2v) is 13.6. The fraction of sp³-hybridized carbons (Fsp3) is 0.154. The van der Waals surface area contributed by atoms with Gasteiger partial charge in [-0.1, -0.05) is 0 Å². The van der Waals surface area contributed by atoms with Crippen molar-refractivity contribution in [3.63, 3.8) is 0 Å². The molecule has 0 spiro atoms. The van der Waals surface area contributed by atoms with Crippen LogP contribution in [0.4, 0.5) is 10.8 Å². The van der Waals surface area contributed by atoms with Crippen LogP contribution >= 0.6 is 31.5 Å². The number of halogens is 2. The third-order valence-corrected chi connectivity index (χ3v) is 13.6. The number of nitrogens with zero attached hydrogens (tertiary/aromatic N) is 2. The van der Waals surface area contributed by atoms with Gasteiger partial charge in [-0.15, -0.1) is 0 Å². The van der Waals surface area contributed by atoms with Crippen LogP contribution in [0.3, 0.4) is 0 Å². The number of anilines is 2. The molecule has 1 aromatic carbocycles. The Morgan fingerprint density at radius 3 is 2.48 bits per heavy atom. The Bertz CT molecular complexity index is 944. The maximum absolute atomic E-state index is 12.8. The summed E-state index contributed by atoms with van der Waals surface area (Å²) in [4.78, 5) is 27.2. The first-order chi connectivity index (χ1) is 13.1. The van der Waals surface area contributed by atoms with Gasteiger partial charge in [0.15, 0.2) is 0 Å². The quantitative estimate of drug-likeness (QED) is 0.283. The van der Waals surface area contributed by atoms with E-state index in [0.29, 0.717) is 5.13 Å². The molecule has 0 bridgehead atoms. The summed E-state index contributed by atoms with van der Waals surface area (Å²) in [5.41, 5.74) is 0.251. The maximum atomic E-state index is 12.8. The van der Waals surface area contributed by atoms with E-state index in [0.717, 1.165) is 2.25 Å². The molecular weight excluding hydrogens is 863 g/mol. The van der Waals surface area contributed by atoms with Crippen molar-refractivity contribution in [2.75, 3.05) is 7.57 Å². The third kappa shape index (κ3) is 6.90. The van der Waals surface area contributed by atoms with E-state index in [4.69, 9.17) is 20.1 Å². The SMILES string of the molecule is O.O=C(CC(O)(Cl)C(=O)[O][Bi])Nc1ccc(S(=O)(=O)[N]([Bi][Cl])c2nccs2)cc1. The molecule has 0 saturated carbocycles. The van der Waals surface area contributed by atoms with Crippen molar-refractivity contribution >= 4 is 112 Å². The van der Waals surface area contributed by atoms with Crippen molar-refractivity contribution in [3.8, 4) is 0 Å². The molecule has 16 heteroatoms. The van der Waals surface area contributed by atoms with Crippen molar-refractivity contribution in [2.24, 2.45) is 0 Å². The Labute approximate surface area is 205 Å². The molecule has 1 atom stereocenters. The minimum atomic E-state index is -3.87. The van der Waals surface area contributed by atoms with E-state index >= 15 is 0 Å². The first-order valence-corrected chi connectivity index (χ1v) is 17.0. The average Bonchev–Trinajstić information content (AvgIpc) is 3.15. The number of amides is 1. The summed E-state index contributed by atoms with van der Waals surface area (Å²) in [6.45, 7) is 0. The fourth-order valence-electron chi connectivity index (χ4n) is 1.86. The summed E-state index contributed by atoms with van der Waals surface area (Å²) in [6.07, 6.45) is 0.755. The molecule has 157 valence electrons. The van der Waals surface area contributed by atoms with Gasteiger partial charge in [0.1, 0.15) is 0 Å². The van der Waals surface area contributed by atoms with Gasteiger partial charge in [-0.2, -0.15) is 0 Å². The fourth-order valence-corrected chi connectivity index (χ4v) is 11.3. The molecule has 0 fully saturated rings. The number of carbonyl (C=O) groups is 2. The Kier molecular flexibility index (Phi) is 10.6. The van der Waals surface area contributed by atoms with Crippen molar-refractivity contribution in [3.05, 3.63) is 35.8 Å². The molecule has 3 radical (unpaired) electrons. The predicted molar refractivity (Wildman–Crippen MR) is 109 cm³/mol. The Morgan fingerprint density at radius 2 is 2.00 bits per heavy atom. The summed E-state index contributed by atoms with van der Waals surface area (Å²) in [7, 11) is 2.09. The van der Waals surface area contributed by atoms with Crippen LogP contribution < -0.4 is 7.57 Å². The summed E-state index contributed by atoms with van der Waals surface area (Å²) < 4.78 is 31.1. The molecule has 0 aliphatic heterocycles. The topological polar surface area (TPSA) is 157 Å². The van der Waals surface area contributed by atoms with Gasteiger partial charge in [-0.25, -0.2) is 0 Å². The molecule has 29 heavy (non-hydrogen) atoms. The van der Waals surface area contributed by atoms with E-state index in [2.05, 4.69) is 13.1 Å². The Morgan fingerprint density at radius 1 is 1.38 bits per heavy atom. The van der Waals surface area contributed by atoms with Crippen LogP contribution in [0.5, 0.6) is 0 Å². The number of nitrogens with one attached hydrogen (secondary N) is 1. The molecule has 0 aliphatic rings. The Balaban J connectivity index is 0.00000420. The van der Waals surface area contributed by atoms with E-state index in [1.165, 1.54) is 41.8 Å². The molecule has 1 aromatic heterocycles. The standard InChI is InChI=1S/C13H12ClN3O6S2.2Bi.ClH.H2O/c14-13(21,11(19)20)7-10(18)16-8-1-3-9(4-2-8)25(22,23)17-12-15-5-6-24-12;;;;/h1-6,21H,7H2,(H3,15,16,17,18,19,20);;;1H;1H2/q;+1;+2;;/p-3. The first-order valence-electron chi connectivity index (χ1n) is 7.05. The van der Waals surface area contributed by atoms with Crippen molar-refractivity contribution < 1.29 is 31.4 Å². The van der Waals surface area contributed by atoms with Crippen molar-refractivity contribution in [1.82, 2.24) is 4.98 Å². The number of benzene rings is 1. The molecule has 2 aromatic rings. The minimum absolute atomic E-state index is 0. The number of thiazole rings is 1. The normalized spacial score (nSPS) is 13.0. The number of hydrogen-bond acceptors (Lipinski definition) is 8. The first kappa shape index (κ1) is 26.8. The van der Waals surface area contributed by atoms with E-state index in [1.807, 2.05) is 0 Å². The molecule has 1 heterocycles. The summed E-state index contributed by atoms with van der Waals surface area (Å²) >= 11 is 4.93.